The van der Waals surface area contributed by atoms with Gasteiger partial charge in [-0.1, -0.05) is 32.0 Å². The molecule has 3 N–H and O–H groups in total. The van der Waals surface area contributed by atoms with Gasteiger partial charge in [-0.25, -0.2) is 0 Å². The zero-order valence-corrected chi connectivity index (χ0v) is 9.59. The molecule has 0 amide bonds. The van der Waals surface area contributed by atoms with E-state index in [0.29, 0.717) is 5.41 Å². The average Bonchev–Trinajstić information content (AvgIpc) is 2.78. The SMILES string of the molecule is CC1(C)CC1CNCc1ccccc1N. The number of nitrogens with one attached hydrogen (secondary N) is 1. The molecule has 1 aromatic carbocycles. The van der Waals surface area contributed by atoms with Crippen molar-refractivity contribution in [3.05, 3.63) is 29.8 Å². The van der Waals surface area contributed by atoms with E-state index in [1.54, 1.807) is 0 Å². The molecule has 1 atom stereocenters. The number of anilines is 1. The second-order valence-corrected chi connectivity index (χ2v) is 5.22. The van der Waals surface area contributed by atoms with E-state index in [2.05, 4.69) is 25.2 Å². The largest absolute Gasteiger partial charge is 0.398 e. The quantitative estimate of drug-likeness (QED) is 0.739. The van der Waals surface area contributed by atoms with Gasteiger partial charge in [-0.05, 0) is 35.9 Å². The first-order valence-electron chi connectivity index (χ1n) is 5.64. The molecule has 0 saturated heterocycles. The molecule has 2 rings (SSSR count). The van der Waals surface area contributed by atoms with Gasteiger partial charge in [-0.3, -0.25) is 0 Å². The van der Waals surface area contributed by atoms with Crippen LogP contribution in [0.2, 0.25) is 0 Å². The summed E-state index contributed by atoms with van der Waals surface area (Å²) in [5.41, 5.74) is 8.52. The van der Waals surface area contributed by atoms with Crippen LogP contribution in [0.25, 0.3) is 0 Å². The summed E-state index contributed by atoms with van der Waals surface area (Å²) in [6, 6.07) is 8.05. The highest BCUT2D eigenvalue weighted by Crippen LogP contribution is 2.50. The number of hydrogen-bond acceptors (Lipinski definition) is 2. The third-order valence-electron chi connectivity index (χ3n) is 3.48. The highest BCUT2D eigenvalue weighted by atomic mass is 14.9. The summed E-state index contributed by atoms with van der Waals surface area (Å²) in [7, 11) is 0. The van der Waals surface area contributed by atoms with Crippen LogP contribution >= 0.6 is 0 Å². The first-order valence-corrected chi connectivity index (χ1v) is 5.64. The fourth-order valence-electron chi connectivity index (χ4n) is 2.00. The maximum absolute atomic E-state index is 5.87. The first kappa shape index (κ1) is 10.5. The molecule has 1 unspecified atom stereocenters. The number of benzene rings is 1. The molecule has 0 aromatic heterocycles. The number of hydrogen-bond donors (Lipinski definition) is 2. The summed E-state index contributed by atoms with van der Waals surface area (Å²) in [4.78, 5) is 0. The predicted octanol–water partition coefficient (Wildman–Crippen LogP) is 2.40. The van der Waals surface area contributed by atoms with E-state index in [1.165, 1.54) is 12.0 Å². The highest BCUT2D eigenvalue weighted by molar-refractivity contribution is 5.46. The lowest BCUT2D eigenvalue weighted by Gasteiger charge is -2.08. The van der Waals surface area contributed by atoms with Crippen molar-refractivity contribution in [3.63, 3.8) is 0 Å². The van der Waals surface area contributed by atoms with Gasteiger partial charge in [0.2, 0.25) is 0 Å². The van der Waals surface area contributed by atoms with Crippen LogP contribution in [0.5, 0.6) is 0 Å². The third-order valence-corrected chi connectivity index (χ3v) is 3.48. The van der Waals surface area contributed by atoms with Crippen molar-refractivity contribution in [2.45, 2.75) is 26.8 Å². The molecule has 0 heterocycles. The van der Waals surface area contributed by atoms with Crippen molar-refractivity contribution in [2.24, 2.45) is 11.3 Å². The zero-order chi connectivity index (χ0) is 10.9. The van der Waals surface area contributed by atoms with Crippen molar-refractivity contribution in [3.8, 4) is 0 Å². The van der Waals surface area contributed by atoms with E-state index >= 15 is 0 Å². The van der Waals surface area contributed by atoms with E-state index in [0.717, 1.165) is 24.7 Å². The Morgan fingerprint density at radius 2 is 2.07 bits per heavy atom. The summed E-state index contributed by atoms with van der Waals surface area (Å²) < 4.78 is 0. The Morgan fingerprint density at radius 1 is 1.40 bits per heavy atom. The number of rotatable bonds is 4. The fourth-order valence-corrected chi connectivity index (χ4v) is 2.00. The van der Waals surface area contributed by atoms with Crippen molar-refractivity contribution >= 4 is 5.69 Å². The Kier molecular flexibility index (Phi) is 2.70. The topological polar surface area (TPSA) is 38.0 Å². The lowest BCUT2D eigenvalue weighted by molar-refractivity contribution is 0.520. The predicted molar refractivity (Wildman–Crippen MR) is 64.4 cm³/mol. The van der Waals surface area contributed by atoms with Crippen molar-refractivity contribution in [1.82, 2.24) is 5.32 Å². The van der Waals surface area contributed by atoms with Crippen LogP contribution in [0.1, 0.15) is 25.8 Å². The van der Waals surface area contributed by atoms with Gasteiger partial charge in [-0.2, -0.15) is 0 Å². The normalized spacial score (nSPS) is 22.7. The van der Waals surface area contributed by atoms with Crippen LogP contribution in [0, 0.1) is 11.3 Å². The number of nitrogen functional groups attached to an aromatic ring is 1. The van der Waals surface area contributed by atoms with Gasteiger partial charge in [-0.15, -0.1) is 0 Å². The van der Waals surface area contributed by atoms with Crippen molar-refractivity contribution in [1.29, 1.82) is 0 Å². The Bertz CT molecular complexity index is 344. The smallest absolute Gasteiger partial charge is 0.0359 e. The third kappa shape index (κ3) is 2.51. The molecule has 0 aliphatic heterocycles. The van der Waals surface area contributed by atoms with Gasteiger partial charge in [0.15, 0.2) is 0 Å². The number of para-hydroxylation sites is 1. The molecule has 0 radical (unpaired) electrons. The number of nitrogens with two attached hydrogens (primary N) is 1. The maximum Gasteiger partial charge on any atom is 0.0359 e. The standard InChI is InChI=1S/C13H20N2/c1-13(2)7-11(13)9-15-8-10-5-3-4-6-12(10)14/h3-6,11,15H,7-9,14H2,1-2H3. The molecule has 82 valence electrons. The molecule has 1 aliphatic carbocycles. The maximum atomic E-state index is 5.87. The minimum absolute atomic E-state index is 0.565. The van der Waals surface area contributed by atoms with E-state index in [9.17, 15) is 0 Å². The summed E-state index contributed by atoms with van der Waals surface area (Å²) in [6.07, 6.45) is 1.35. The molecule has 2 nitrogen and oxygen atoms in total. The van der Waals surface area contributed by atoms with Crippen molar-refractivity contribution in [2.75, 3.05) is 12.3 Å². The molecule has 1 fully saturated rings. The zero-order valence-electron chi connectivity index (χ0n) is 9.59. The van der Waals surface area contributed by atoms with E-state index < -0.39 is 0 Å². The fraction of sp³-hybridized carbons (Fsp3) is 0.538. The summed E-state index contributed by atoms with van der Waals surface area (Å²) in [6.45, 7) is 6.66. The van der Waals surface area contributed by atoms with Crippen LogP contribution in [-0.4, -0.2) is 6.54 Å². The van der Waals surface area contributed by atoms with Gasteiger partial charge in [0.05, 0.1) is 0 Å². The van der Waals surface area contributed by atoms with E-state index in [4.69, 9.17) is 5.73 Å². The average molecular weight is 204 g/mol. The van der Waals surface area contributed by atoms with Crippen LogP contribution in [0.3, 0.4) is 0 Å². The van der Waals surface area contributed by atoms with Gasteiger partial charge in [0.25, 0.3) is 0 Å². The second-order valence-electron chi connectivity index (χ2n) is 5.22. The van der Waals surface area contributed by atoms with Gasteiger partial charge < -0.3 is 11.1 Å². The molecule has 1 aliphatic rings. The molecule has 1 saturated carbocycles. The molecular weight excluding hydrogens is 184 g/mol. The van der Waals surface area contributed by atoms with Crippen LogP contribution in [0.4, 0.5) is 5.69 Å². The summed E-state index contributed by atoms with van der Waals surface area (Å²) in [5, 5.41) is 3.48. The van der Waals surface area contributed by atoms with Crippen LogP contribution in [0.15, 0.2) is 24.3 Å². The molecule has 0 bridgehead atoms. The molecule has 15 heavy (non-hydrogen) atoms. The Morgan fingerprint density at radius 3 is 2.67 bits per heavy atom. The van der Waals surface area contributed by atoms with Crippen LogP contribution in [-0.2, 0) is 6.54 Å². The highest BCUT2D eigenvalue weighted by Gasteiger charge is 2.44. The lowest BCUT2D eigenvalue weighted by atomic mass is 10.1. The minimum atomic E-state index is 0.565. The Labute approximate surface area is 91.9 Å². The molecule has 2 heteroatoms. The Balaban J connectivity index is 1.77. The molecule has 1 aromatic rings. The van der Waals surface area contributed by atoms with E-state index in [-0.39, 0.29) is 0 Å². The molecular formula is C13H20N2. The van der Waals surface area contributed by atoms with E-state index in [1.807, 2.05) is 18.2 Å². The van der Waals surface area contributed by atoms with Gasteiger partial charge >= 0.3 is 0 Å². The minimum Gasteiger partial charge on any atom is -0.398 e. The van der Waals surface area contributed by atoms with Crippen LogP contribution < -0.4 is 11.1 Å². The summed E-state index contributed by atoms with van der Waals surface area (Å²) >= 11 is 0. The van der Waals surface area contributed by atoms with Gasteiger partial charge in [0, 0.05) is 12.2 Å². The van der Waals surface area contributed by atoms with Crippen molar-refractivity contribution < 1.29 is 0 Å². The second kappa shape index (κ2) is 3.86. The Hall–Kier alpha value is -1.02. The summed E-state index contributed by atoms with van der Waals surface area (Å²) in [5.74, 6) is 0.849. The first-order chi connectivity index (χ1) is 7.09. The van der Waals surface area contributed by atoms with Gasteiger partial charge in [0.1, 0.15) is 0 Å². The monoisotopic (exact) mass is 204 g/mol. The molecule has 0 spiro atoms. The lowest BCUT2D eigenvalue weighted by Crippen LogP contribution is -2.18.